The number of benzene rings is 4. The van der Waals surface area contributed by atoms with Crippen LogP contribution in [0.3, 0.4) is 0 Å². The Bertz CT molecular complexity index is 2230. The number of carbonyl (C=O) groups is 4. The van der Waals surface area contributed by atoms with E-state index in [0.29, 0.717) is 36.6 Å². The minimum absolute atomic E-state index is 0.00457. The highest BCUT2D eigenvalue weighted by Gasteiger charge is 2.36. The molecule has 0 bridgehead atoms. The first-order valence-electron chi connectivity index (χ1n) is 20.4. The fourth-order valence-corrected chi connectivity index (χ4v) is 8.19. The lowest BCUT2D eigenvalue weighted by Gasteiger charge is -2.30. The zero-order valence-electron chi connectivity index (χ0n) is 34.9. The van der Waals surface area contributed by atoms with E-state index in [9.17, 15) is 28.0 Å². The first kappa shape index (κ1) is 46.4. The Balaban J connectivity index is 1.43. The van der Waals surface area contributed by atoms with E-state index in [2.05, 4.69) is 28.6 Å². The molecule has 4 aromatic carbocycles. The number of nitrogens with one attached hydrogen (secondary N) is 2. The van der Waals surface area contributed by atoms with Gasteiger partial charge < -0.3 is 30.4 Å². The number of hydrogen-bond donors (Lipinski definition) is 3. The van der Waals surface area contributed by atoms with Gasteiger partial charge in [0, 0.05) is 61.0 Å². The van der Waals surface area contributed by atoms with Crippen LogP contribution in [-0.2, 0) is 33.7 Å². The minimum Gasteiger partial charge on any atom is -0.444 e. The van der Waals surface area contributed by atoms with E-state index in [4.69, 9.17) is 14.9 Å². The van der Waals surface area contributed by atoms with Crippen molar-refractivity contribution in [3.05, 3.63) is 143 Å². The molecule has 5 rings (SSSR count). The van der Waals surface area contributed by atoms with Gasteiger partial charge in [-0.05, 0) is 109 Å². The number of anilines is 1. The largest absolute Gasteiger partial charge is 0.444 e. The maximum atomic E-state index is 14.4. The molecular weight excluding hydrogens is 801 g/mol. The Kier molecular flexibility index (Phi) is 17.3. The fourth-order valence-electron chi connectivity index (χ4n) is 7.05. The Labute approximate surface area is 359 Å². The summed E-state index contributed by atoms with van der Waals surface area (Å²) < 4.78 is 39.6. The van der Waals surface area contributed by atoms with Crippen LogP contribution in [0.1, 0.15) is 76.6 Å². The summed E-state index contributed by atoms with van der Waals surface area (Å²) in [5.41, 5.74) is 11.4. The van der Waals surface area contributed by atoms with Gasteiger partial charge in [-0.1, -0.05) is 45.0 Å². The van der Waals surface area contributed by atoms with Gasteiger partial charge in [0.05, 0.1) is 17.5 Å². The molecule has 1 heterocycles. The second-order valence-electron chi connectivity index (χ2n) is 14.9. The van der Waals surface area contributed by atoms with Gasteiger partial charge in [-0.25, -0.2) is 18.6 Å². The number of carbonyl (C=O) groups excluding carboxylic acids is 4. The summed E-state index contributed by atoms with van der Waals surface area (Å²) >= 11 is 0.936. The first-order chi connectivity index (χ1) is 29.4. The van der Waals surface area contributed by atoms with Crippen LogP contribution in [0.5, 0.6) is 0 Å². The van der Waals surface area contributed by atoms with Crippen LogP contribution in [0.25, 0.3) is 11.3 Å². The molecule has 11 nitrogen and oxygen atoms in total. The molecule has 0 spiro atoms. The average Bonchev–Trinajstić information content (AvgIpc) is 3.78. The van der Waals surface area contributed by atoms with Crippen LogP contribution in [0.4, 0.5) is 14.5 Å². The van der Waals surface area contributed by atoms with Crippen LogP contribution >= 0.6 is 11.8 Å². The van der Waals surface area contributed by atoms with Crippen LogP contribution < -0.4 is 16.4 Å². The van der Waals surface area contributed by atoms with Crippen molar-refractivity contribution in [2.45, 2.75) is 71.2 Å². The molecule has 0 saturated heterocycles. The standard InChI is InChI=1S/C47H53F2N5O6S/c1-5-15-54(16-6-2)45(56)35-17-30(4)18-36(23-35)46(57)60-47(58)44(61-28-43(55)53-39-13-11-34(12-14-39)42-27-52-29-59-42)40(26-51-25-32-10-8-9-31(7-3)19-32)41(50)22-33-20-37(48)24-38(49)21-33/h8-14,17-21,23-24,27,29,40-41,44,51H,5-7,15-16,22,25-26,28,50H2,1-4H3,(H,53,55)/t40-,41+,44?/m1/s1. The maximum absolute atomic E-state index is 14.4. The number of oxazole rings is 1. The van der Waals surface area contributed by atoms with E-state index in [1.54, 1.807) is 48.4 Å². The lowest BCUT2D eigenvalue weighted by molar-refractivity contribution is -0.138. The third-order valence-corrected chi connectivity index (χ3v) is 11.3. The molecule has 0 aliphatic heterocycles. The summed E-state index contributed by atoms with van der Waals surface area (Å²) in [5.74, 6) is -4.71. The van der Waals surface area contributed by atoms with Crippen molar-refractivity contribution in [3.63, 3.8) is 0 Å². The molecule has 4 N–H and O–H groups in total. The SMILES string of the molecule is CCCN(CCC)C(=O)c1cc(C)cc(C(=O)OC(=O)C(SCC(=O)Nc2ccc(-c3cnco3)cc2)[C@H](CNCc2cccc(CC)c2)[C@@H](N)Cc2cc(F)cc(F)c2)c1. The smallest absolute Gasteiger partial charge is 0.345 e. The second-order valence-corrected chi connectivity index (χ2v) is 16.1. The Morgan fingerprint density at radius 2 is 1.56 bits per heavy atom. The van der Waals surface area contributed by atoms with Crippen LogP contribution in [0, 0.1) is 24.5 Å². The van der Waals surface area contributed by atoms with Gasteiger partial charge in [0.25, 0.3) is 5.91 Å². The highest BCUT2D eigenvalue weighted by atomic mass is 32.2. The second kappa shape index (κ2) is 22.8. The number of nitrogens with zero attached hydrogens (tertiary/aromatic N) is 2. The number of halogens is 2. The molecule has 1 aromatic heterocycles. The topological polar surface area (TPSA) is 157 Å². The number of aromatic nitrogens is 1. The number of rotatable bonds is 21. The van der Waals surface area contributed by atoms with Gasteiger partial charge >= 0.3 is 11.9 Å². The summed E-state index contributed by atoms with van der Waals surface area (Å²) in [6.07, 6.45) is 5.20. The molecule has 0 fully saturated rings. The van der Waals surface area contributed by atoms with Crippen LogP contribution in [-0.4, -0.2) is 70.3 Å². The van der Waals surface area contributed by atoms with Crippen molar-refractivity contribution in [3.8, 4) is 11.3 Å². The molecule has 14 heteroatoms. The molecule has 5 aromatic rings. The molecular formula is C47H53F2N5O6S. The van der Waals surface area contributed by atoms with E-state index in [-0.39, 0.29) is 41.3 Å². The first-order valence-corrected chi connectivity index (χ1v) is 21.5. The number of aryl methyl sites for hydroxylation is 2. The number of hydrogen-bond acceptors (Lipinski definition) is 10. The highest BCUT2D eigenvalue weighted by Crippen LogP contribution is 2.28. The maximum Gasteiger partial charge on any atom is 0.345 e. The Hall–Kier alpha value is -5.70. The third kappa shape index (κ3) is 13.7. The van der Waals surface area contributed by atoms with Crippen LogP contribution in [0.2, 0.25) is 0 Å². The predicted molar refractivity (Wildman–Crippen MR) is 234 cm³/mol. The van der Waals surface area contributed by atoms with Crippen molar-refractivity contribution in [2.75, 3.05) is 30.7 Å². The van der Waals surface area contributed by atoms with Crippen molar-refractivity contribution in [1.82, 2.24) is 15.2 Å². The number of nitrogens with two attached hydrogens (primary N) is 1. The summed E-state index contributed by atoms with van der Waals surface area (Å²) in [7, 11) is 0. The number of amides is 2. The van der Waals surface area contributed by atoms with Gasteiger partial charge in [-0.15, -0.1) is 11.8 Å². The summed E-state index contributed by atoms with van der Waals surface area (Å²) in [6.45, 7) is 9.34. The lowest BCUT2D eigenvalue weighted by atomic mass is 9.90. The van der Waals surface area contributed by atoms with E-state index in [1.807, 2.05) is 32.0 Å². The van der Waals surface area contributed by atoms with Gasteiger partial charge in [-0.2, -0.15) is 0 Å². The molecule has 322 valence electrons. The van der Waals surface area contributed by atoms with Crippen molar-refractivity contribution >= 4 is 41.2 Å². The molecule has 0 radical (unpaired) electrons. The molecule has 1 unspecified atom stereocenters. The van der Waals surface area contributed by atoms with E-state index in [0.717, 1.165) is 53.8 Å². The van der Waals surface area contributed by atoms with Gasteiger partial charge in [-0.3, -0.25) is 14.4 Å². The number of thioether (sulfide) groups is 1. The van der Waals surface area contributed by atoms with Crippen molar-refractivity contribution in [1.29, 1.82) is 0 Å². The van der Waals surface area contributed by atoms with Gasteiger partial charge in [0.2, 0.25) is 5.91 Å². The fraction of sp³-hybridized carbons (Fsp3) is 0.340. The normalized spacial score (nSPS) is 12.6. The van der Waals surface area contributed by atoms with E-state index >= 15 is 0 Å². The molecule has 61 heavy (non-hydrogen) atoms. The molecule has 3 atom stereocenters. The zero-order valence-corrected chi connectivity index (χ0v) is 35.7. The Morgan fingerprint density at radius 1 is 0.869 bits per heavy atom. The zero-order chi connectivity index (χ0) is 43.9. The molecule has 0 aliphatic carbocycles. The molecule has 0 aliphatic rings. The van der Waals surface area contributed by atoms with Crippen LogP contribution in [0.15, 0.2) is 102 Å². The van der Waals surface area contributed by atoms with E-state index < -0.39 is 46.7 Å². The number of esters is 2. The summed E-state index contributed by atoms with van der Waals surface area (Å²) in [4.78, 5) is 60.8. The quantitative estimate of drug-likeness (QED) is 0.0486. The van der Waals surface area contributed by atoms with Crippen molar-refractivity contribution < 1.29 is 37.1 Å². The highest BCUT2D eigenvalue weighted by molar-refractivity contribution is 8.01. The van der Waals surface area contributed by atoms with Gasteiger partial charge in [0.15, 0.2) is 12.2 Å². The minimum atomic E-state index is -1.22. The van der Waals surface area contributed by atoms with Gasteiger partial charge in [0.1, 0.15) is 16.9 Å². The predicted octanol–water partition coefficient (Wildman–Crippen LogP) is 8.15. The van der Waals surface area contributed by atoms with E-state index in [1.165, 1.54) is 30.7 Å². The van der Waals surface area contributed by atoms with Crippen molar-refractivity contribution in [2.24, 2.45) is 11.7 Å². The lowest BCUT2D eigenvalue weighted by Crippen LogP contribution is -2.48. The summed E-state index contributed by atoms with van der Waals surface area (Å²) in [6, 6.07) is 21.8. The Morgan fingerprint density at radius 3 is 2.21 bits per heavy atom. The monoisotopic (exact) mass is 853 g/mol. The summed E-state index contributed by atoms with van der Waals surface area (Å²) in [5, 5.41) is 4.99. The molecule has 0 saturated carbocycles. The molecule has 2 amide bonds. The third-order valence-electron chi connectivity index (χ3n) is 9.98. The number of ether oxygens (including phenoxy) is 1. The average molecular weight is 854 g/mol.